The zero-order valence-electron chi connectivity index (χ0n) is 17.3. The molecule has 5 nitrogen and oxygen atoms in total. The molecule has 0 bridgehead atoms. The van der Waals surface area contributed by atoms with Gasteiger partial charge < -0.3 is 20.1 Å². The number of ether oxygens (including phenoxy) is 2. The van der Waals surface area contributed by atoms with Gasteiger partial charge in [0.15, 0.2) is 5.43 Å². The Bertz CT molecular complexity index is 987. The van der Waals surface area contributed by atoms with Gasteiger partial charge in [-0.3, -0.25) is 4.79 Å². The number of hydrogen-bond donors (Lipinski definition) is 2. The SMILES string of the molecule is CCNCCCOc1ccc2c(=O)c3cc(OCCCNCC)ccc3sc2c1. The summed E-state index contributed by atoms with van der Waals surface area (Å²) in [7, 11) is 0. The van der Waals surface area contributed by atoms with Crippen LogP contribution in [0.15, 0.2) is 41.2 Å². The third-order valence-corrected chi connectivity index (χ3v) is 5.78. The number of hydrogen-bond acceptors (Lipinski definition) is 6. The van der Waals surface area contributed by atoms with Crippen LogP contribution < -0.4 is 25.5 Å². The van der Waals surface area contributed by atoms with E-state index in [4.69, 9.17) is 9.47 Å². The Hall–Kier alpha value is -2.15. The lowest BCUT2D eigenvalue weighted by Crippen LogP contribution is -2.16. The van der Waals surface area contributed by atoms with Gasteiger partial charge in [0, 0.05) is 20.2 Å². The smallest absolute Gasteiger partial charge is 0.196 e. The molecular weight excluding hydrogens is 384 g/mol. The lowest BCUT2D eigenvalue weighted by molar-refractivity contribution is 0.309. The zero-order valence-corrected chi connectivity index (χ0v) is 18.1. The molecule has 0 amide bonds. The minimum atomic E-state index is 0.0468. The first-order chi connectivity index (χ1) is 14.2. The average Bonchev–Trinajstić information content (AvgIpc) is 2.74. The summed E-state index contributed by atoms with van der Waals surface area (Å²) in [5.74, 6) is 1.56. The minimum Gasteiger partial charge on any atom is -0.494 e. The van der Waals surface area contributed by atoms with E-state index in [2.05, 4.69) is 24.5 Å². The van der Waals surface area contributed by atoms with Gasteiger partial charge in [-0.15, -0.1) is 11.3 Å². The van der Waals surface area contributed by atoms with Gasteiger partial charge in [-0.05, 0) is 75.4 Å². The van der Waals surface area contributed by atoms with E-state index in [1.54, 1.807) is 11.3 Å². The molecule has 2 N–H and O–H groups in total. The first-order valence-corrected chi connectivity index (χ1v) is 11.2. The molecule has 2 aromatic carbocycles. The van der Waals surface area contributed by atoms with Crippen molar-refractivity contribution in [3.05, 3.63) is 46.6 Å². The largest absolute Gasteiger partial charge is 0.494 e. The van der Waals surface area contributed by atoms with Crippen LogP contribution in [0.3, 0.4) is 0 Å². The molecule has 0 unspecified atom stereocenters. The quantitative estimate of drug-likeness (QED) is 0.344. The topological polar surface area (TPSA) is 59.6 Å². The van der Waals surface area contributed by atoms with Gasteiger partial charge in [0.25, 0.3) is 0 Å². The van der Waals surface area contributed by atoms with Crippen molar-refractivity contribution in [1.29, 1.82) is 0 Å². The third-order valence-electron chi connectivity index (χ3n) is 4.65. The number of benzene rings is 2. The maximum absolute atomic E-state index is 13.0. The average molecular weight is 415 g/mol. The monoisotopic (exact) mass is 414 g/mol. The molecule has 1 aromatic heterocycles. The molecule has 0 aliphatic rings. The standard InChI is InChI=1S/C23H30N2O3S/c1-3-24-11-5-13-27-17-8-10-21-20(15-17)23(26)19-9-7-18(16-22(19)29-21)28-14-6-12-25-4-2/h7-10,15-16,24-25H,3-6,11-14H2,1-2H3. The molecule has 0 spiro atoms. The molecule has 0 atom stereocenters. The molecule has 156 valence electrons. The summed E-state index contributed by atoms with van der Waals surface area (Å²) in [4.78, 5) is 13.0. The van der Waals surface area contributed by atoms with Gasteiger partial charge in [-0.1, -0.05) is 13.8 Å². The maximum Gasteiger partial charge on any atom is 0.196 e. The van der Waals surface area contributed by atoms with Crippen LogP contribution in [0.4, 0.5) is 0 Å². The molecule has 29 heavy (non-hydrogen) atoms. The van der Waals surface area contributed by atoms with E-state index in [0.29, 0.717) is 18.6 Å². The summed E-state index contributed by atoms with van der Waals surface area (Å²) >= 11 is 1.61. The van der Waals surface area contributed by atoms with E-state index in [0.717, 1.165) is 65.3 Å². The van der Waals surface area contributed by atoms with E-state index in [1.807, 2.05) is 36.4 Å². The predicted molar refractivity (Wildman–Crippen MR) is 123 cm³/mol. The van der Waals surface area contributed by atoms with Crippen LogP contribution in [0.2, 0.25) is 0 Å². The molecule has 6 heteroatoms. The lowest BCUT2D eigenvalue weighted by Gasteiger charge is -2.09. The van der Waals surface area contributed by atoms with Crippen molar-refractivity contribution < 1.29 is 9.47 Å². The summed E-state index contributed by atoms with van der Waals surface area (Å²) in [6.45, 7) is 9.30. The highest BCUT2D eigenvalue weighted by atomic mass is 32.1. The Morgan fingerprint density at radius 3 is 2.07 bits per heavy atom. The van der Waals surface area contributed by atoms with Crippen LogP contribution in [0, 0.1) is 0 Å². The minimum absolute atomic E-state index is 0.0468. The van der Waals surface area contributed by atoms with Gasteiger partial charge in [-0.2, -0.15) is 0 Å². The van der Waals surface area contributed by atoms with E-state index in [1.165, 1.54) is 0 Å². The van der Waals surface area contributed by atoms with Gasteiger partial charge in [-0.25, -0.2) is 0 Å². The Morgan fingerprint density at radius 1 is 0.793 bits per heavy atom. The second-order valence-electron chi connectivity index (χ2n) is 6.86. The Morgan fingerprint density at radius 2 is 1.41 bits per heavy atom. The second-order valence-corrected chi connectivity index (χ2v) is 7.94. The first kappa shape index (κ1) is 21.6. The molecule has 3 aromatic rings. The van der Waals surface area contributed by atoms with Crippen molar-refractivity contribution >= 4 is 31.5 Å². The van der Waals surface area contributed by atoms with Crippen LogP contribution in [0.1, 0.15) is 26.7 Å². The highest BCUT2D eigenvalue weighted by molar-refractivity contribution is 7.24. The van der Waals surface area contributed by atoms with E-state index in [9.17, 15) is 4.79 Å². The van der Waals surface area contributed by atoms with Crippen molar-refractivity contribution in [3.63, 3.8) is 0 Å². The first-order valence-electron chi connectivity index (χ1n) is 10.4. The van der Waals surface area contributed by atoms with Crippen LogP contribution in [-0.4, -0.2) is 39.4 Å². The molecule has 1 heterocycles. The number of rotatable bonds is 12. The molecule has 0 saturated carbocycles. The summed E-state index contributed by atoms with van der Waals surface area (Å²) < 4.78 is 13.6. The Labute approximate surface area is 176 Å². The Kier molecular flexibility index (Phi) is 8.28. The molecule has 3 rings (SSSR count). The maximum atomic E-state index is 13.0. The molecule has 0 aliphatic heterocycles. The van der Waals surface area contributed by atoms with Crippen LogP contribution in [-0.2, 0) is 0 Å². The highest BCUT2D eigenvalue weighted by Crippen LogP contribution is 2.29. The summed E-state index contributed by atoms with van der Waals surface area (Å²) in [5.41, 5.74) is 0.0468. The van der Waals surface area contributed by atoms with Crippen molar-refractivity contribution in [2.75, 3.05) is 39.4 Å². The second kappa shape index (κ2) is 11.1. The van der Waals surface area contributed by atoms with Crippen molar-refractivity contribution in [1.82, 2.24) is 10.6 Å². The van der Waals surface area contributed by atoms with Gasteiger partial charge in [0.1, 0.15) is 11.5 Å². The van der Waals surface area contributed by atoms with Gasteiger partial charge in [0.2, 0.25) is 0 Å². The fraction of sp³-hybridized carbons (Fsp3) is 0.435. The summed E-state index contributed by atoms with van der Waals surface area (Å²) in [6.07, 6.45) is 1.89. The molecule has 0 saturated heterocycles. The third kappa shape index (κ3) is 5.92. The number of fused-ring (bicyclic) bond motifs is 2. The zero-order chi connectivity index (χ0) is 20.5. The van der Waals surface area contributed by atoms with E-state index >= 15 is 0 Å². The van der Waals surface area contributed by atoms with Gasteiger partial charge in [0.05, 0.1) is 13.2 Å². The van der Waals surface area contributed by atoms with Crippen molar-refractivity contribution in [2.24, 2.45) is 0 Å². The predicted octanol–water partition coefficient (Wildman–Crippen LogP) is 4.17. The van der Waals surface area contributed by atoms with E-state index < -0.39 is 0 Å². The van der Waals surface area contributed by atoms with Crippen LogP contribution in [0.25, 0.3) is 20.2 Å². The van der Waals surface area contributed by atoms with Gasteiger partial charge >= 0.3 is 0 Å². The Balaban J connectivity index is 1.73. The fourth-order valence-corrected chi connectivity index (χ4v) is 4.20. The highest BCUT2D eigenvalue weighted by Gasteiger charge is 2.09. The van der Waals surface area contributed by atoms with Crippen LogP contribution >= 0.6 is 11.3 Å². The molecular formula is C23H30N2O3S. The molecule has 0 radical (unpaired) electrons. The summed E-state index contributed by atoms with van der Waals surface area (Å²) in [6, 6.07) is 11.5. The normalized spacial score (nSPS) is 11.2. The summed E-state index contributed by atoms with van der Waals surface area (Å²) in [5, 5.41) is 8.01. The van der Waals surface area contributed by atoms with E-state index in [-0.39, 0.29) is 5.43 Å². The fourth-order valence-electron chi connectivity index (χ4n) is 3.12. The van der Waals surface area contributed by atoms with Crippen LogP contribution in [0.5, 0.6) is 11.5 Å². The number of nitrogens with one attached hydrogen (secondary N) is 2. The molecule has 0 aliphatic carbocycles. The lowest BCUT2D eigenvalue weighted by atomic mass is 10.1. The van der Waals surface area contributed by atoms with Crippen molar-refractivity contribution in [2.45, 2.75) is 26.7 Å². The molecule has 0 fully saturated rings. The van der Waals surface area contributed by atoms with Crippen molar-refractivity contribution in [3.8, 4) is 11.5 Å².